The standard InChI is InChI=1S/C10H12ClNO5S/c1-17-10(14)9(6-13)12-18(15,16)8-4-2-7(11)3-5-8/h2-5,9,12-13H,6H2,1H3. The predicted octanol–water partition coefficient (Wildman–Crippen LogP) is 0.152. The molecule has 0 fully saturated rings. The quantitative estimate of drug-likeness (QED) is 0.754. The highest BCUT2D eigenvalue weighted by molar-refractivity contribution is 7.89. The number of benzene rings is 1. The van der Waals surface area contributed by atoms with Crippen molar-refractivity contribution in [3.8, 4) is 0 Å². The lowest BCUT2D eigenvalue weighted by Gasteiger charge is -2.14. The molecule has 0 aliphatic carbocycles. The van der Waals surface area contributed by atoms with Gasteiger partial charge in [-0.3, -0.25) is 4.79 Å². The summed E-state index contributed by atoms with van der Waals surface area (Å²) in [5.41, 5.74) is 0. The number of rotatable bonds is 5. The van der Waals surface area contributed by atoms with E-state index in [1.807, 2.05) is 4.72 Å². The van der Waals surface area contributed by atoms with Gasteiger partial charge in [-0.2, -0.15) is 4.72 Å². The minimum Gasteiger partial charge on any atom is -0.468 e. The highest BCUT2D eigenvalue weighted by Crippen LogP contribution is 2.14. The van der Waals surface area contributed by atoms with Crippen molar-refractivity contribution in [3.05, 3.63) is 29.3 Å². The lowest BCUT2D eigenvalue weighted by atomic mass is 10.3. The van der Waals surface area contributed by atoms with Crippen molar-refractivity contribution >= 4 is 27.6 Å². The van der Waals surface area contributed by atoms with E-state index in [4.69, 9.17) is 16.7 Å². The van der Waals surface area contributed by atoms with Crippen LogP contribution in [0.15, 0.2) is 29.2 Å². The SMILES string of the molecule is COC(=O)C(CO)NS(=O)(=O)c1ccc(Cl)cc1. The van der Waals surface area contributed by atoms with Gasteiger partial charge in [0.05, 0.1) is 18.6 Å². The number of halogens is 1. The average Bonchev–Trinajstić information content (AvgIpc) is 2.35. The van der Waals surface area contributed by atoms with Crippen LogP contribution in [0.5, 0.6) is 0 Å². The molecule has 1 aromatic rings. The second-order valence-electron chi connectivity index (χ2n) is 3.33. The first-order chi connectivity index (χ1) is 8.40. The Morgan fingerprint density at radius 3 is 2.44 bits per heavy atom. The Labute approximate surface area is 110 Å². The summed E-state index contributed by atoms with van der Waals surface area (Å²) in [6.45, 7) is -0.695. The first-order valence-electron chi connectivity index (χ1n) is 4.87. The summed E-state index contributed by atoms with van der Waals surface area (Å²) in [4.78, 5) is 11.1. The molecule has 2 N–H and O–H groups in total. The number of methoxy groups -OCH3 is 1. The lowest BCUT2D eigenvalue weighted by molar-refractivity contribution is -0.143. The normalized spacial score (nSPS) is 13.1. The van der Waals surface area contributed by atoms with Crippen LogP contribution in [0.3, 0.4) is 0 Å². The van der Waals surface area contributed by atoms with E-state index < -0.39 is 28.6 Å². The molecular weight excluding hydrogens is 282 g/mol. The summed E-state index contributed by atoms with van der Waals surface area (Å²) in [6, 6.07) is 4.05. The topological polar surface area (TPSA) is 92.7 Å². The molecule has 1 aromatic carbocycles. The molecule has 0 amide bonds. The number of aliphatic hydroxyl groups is 1. The first-order valence-corrected chi connectivity index (χ1v) is 6.73. The lowest BCUT2D eigenvalue weighted by Crippen LogP contribution is -2.43. The van der Waals surface area contributed by atoms with Crippen LogP contribution in [0.4, 0.5) is 0 Å². The summed E-state index contributed by atoms with van der Waals surface area (Å²) >= 11 is 5.64. The fourth-order valence-corrected chi connectivity index (χ4v) is 2.47. The molecule has 0 spiro atoms. The fourth-order valence-electron chi connectivity index (χ4n) is 1.17. The Morgan fingerprint density at radius 1 is 1.44 bits per heavy atom. The zero-order valence-electron chi connectivity index (χ0n) is 9.46. The molecular formula is C10H12ClNO5S. The van der Waals surface area contributed by atoms with Crippen molar-refractivity contribution in [2.45, 2.75) is 10.9 Å². The number of esters is 1. The maximum atomic E-state index is 11.9. The molecule has 0 aliphatic heterocycles. The van der Waals surface area contributed by atoms with Crippen molar-refractivity contribution in [2.75, 3.05) is 13.7 Å². The minimum atomic E-state index is -3.91. The Morgan fingerprint density at radius 2 is 2.00 bits per heavy atom. The van der Waals surface area contributed by atoms with Crippen LogP contribution in [0.1, 0.15) is 0 Å². The summed E-state index contributed by atoms with van der Waals surface area (Å²) in [5, 5.41) is 9.32. The molecule has 0 aromatic heterocycles. The van der Waals surface area contributed by atoms with E-state index >= 15 is 0 Å². The van der Waals surface area contributed by atoms with Crippen LogP contribution >= 0.6 is 11.6 Å². The van der Waals surface area contributed by atoms with E-state index in [2.05, 4.69) is 4.74 Å². The van der Waals surface area contributed by atoms with Gasteiger partial charge in [0, 0.05) is 5.02 Å². The van der Waals surface area contributed by atoms with Crippen molar-refractivity contribution in [1.29, 1.82) is 0 Å². The number of ether oxygens (including phenoxy) is 1. The third kappa shape index (κ3) is 3.67. The van der Waals surface area contributed by atoms with Crippen LogP contribution in [-0.4, -0.2) is 39.3 Å². The molecule has 100 valence electrons. The van der Waals surface area contributed by atoms with Crippen molar-refractivity contribution in [2.24, 2.45) is 0 Å². The molecule has 8 heteroatoms. The Balaban J connectivity index is 2.94. The van der Waals surface area contributed by atoms with Crippen LogP contribution in [0.2, 0.25) is 5.02 Å². The second kappa shape index (κ2) is 6.14. The molecule has 0 aliphatic rings. The van der Waals surface area contributed by atoms with Crippen LogP contribution in [0, 0.1) is 0 Å². The van der Waals surface area contributed by atoms with E-state index in [0.717, 1.165) is 7.11 Å². The number of aliphatic hydroxyl groups excluding tert-OH is 1. The van der Waals surface area contributed by atoms with E-state index in [9.17, 15) is 13.2 Å². The molecule has 0 saturated carbocycles. The maximum absolute atomic E-state index is 11.9. The molecule has 1 rings (SSSR count). The van der Waals surface area contributed by atoms with Crippen LogP contribution < -0.4 is 4.72 Å². The minimum absolute atomic E-state index is 0.0609. The summed E-state index contributed by atoms with van der Waals surface area (Å²) in [6.07, 6.45) is 0. The highest BCUT2D eigenvalue weighted by atomic mass is 35.5. The zero-order valence-corrected chi connectivity index (χ0v) is 11.0. The molecule has 6 nitrogen and oxygen atoms in total. The van der Waals surface area contributed by atoms with E-state index in [1.165, 1.54) is 24.3 Å². The number of hydrogen-bond donors (Lipinski definition) is 2. The third-order valence-corrected chi connectivity index (χ3v) is 3.83. The van der Waals surface area contributed by atoms with Gasteiger partial charge in [0.1, 0.15) is 6.04 Å². The number of carbonyl (C=O) groups is 1. The zero-order chi connectivity index (χ0) is 13.8. The smallest absolute Gasteiger partial charge is 0.326 e. The van der Waals surface area contributed by atoms with Gasteiger partial charge in [0.2, 0.25) is 10.0 Å². The van der Waals surface area contributed by atoms with Gasteiger partial charge in [-0.15, -0.1) is 0 Å². The highest BCUT2D eigenvalue weighted by Gasteiger charge is 2.25. The molecule has 0 saturated heterocycles. The van der Waals surface area contributed by atoms with Gasteiger partial charge in [0.25, 0.3) is 0 Å². The van der Waals surface area contributed by atoms with Crippen LogP contribution in [0.25, 0.3) is 0 Å². The maximum Gasteiger partial charge on any atom is 0.326 e. The third-order valence-electron chi connectivity index (χ3n) is 2.09. The molecule has 0 bridgehead atoms. The van der Waals surface area contributed by atoms with Gasteiger partial charge in [-0.05, 0) is 24.3 Å². The number of carbonyl (C=O) groups excluding carboxylic acids is 1. The number of hydrogen-bond acceptors (Lipinski definition) is 5. The summed E-state index contributed by atoms with van der Waals surface area (Å²) < 4.78 is 30.1. The molecule has 1 atom stereocenters. The van der Waals surface area contributed by atoms with E-state index in [-0.39, 0.29) is 4.90 Å². The Kier molecular flexibility index (Phi) is 5.09. The van der Waals surface area contributed by atoms with Crippen molar-refractivity contribution < 1.29 is 23.1 Å². The van der Waals surface area contributed by atoms with Crippen LogP contribution in [-0.2, 0) is 19.6 Å². The number of sulfonamides is 1. The van der Waals surface area contributed by atoms with Crippen molar-refractivity contribution in [3.63, 3.8) is 0 Å². The average molecular weight is 294 g/mol. The fraction of sp³-hybridized carbons (Fsp3) is 0.300. The monoisotopic (exact) mass is 293 g/mol. The molecule has 0 heterocycles. The van der Waals surface area contributed by atoms with Gasteiger partial charge < -0.3 is 9.84 Å². The van der Waals surface area contributed by atoms with Crippen molar-refractivity contribution in [1.82, 2.24) is 4.72 Å². The molecule has 1 unspecified atom stereocenters. The second-order valence-corrected chi connectivity index (χ2v) is 5.48. The predicted molar refractivity (Wildman–Crippen MR) is 64.7 cm³/mol. The number of nitrogens with one attached hydrogen (secondary N) is 1. The van der Waals surface area contributed by atoms with Gasteiger partial charge in [-0.1, -0.05) is 11.6 Å². The van der Waals surface area contributed by atoms with E-state index in [1.54, 1.807) is 0 Å². The van der Waals surface area contributed by atoms with Gasteiger partial charge >= 0.3 is 5.97 Å². The molecule has 0 radical (unpaired) electrons. The van der Waals surface area contributed by atoms with Gasteiger partial charge in [0.15, 0.2) is 0 Å². The largest absolute Gasteiger partial charge is 0.468 e. The van der Waals surface area contributed by atoms with E-state index in [0.29, 0.717) is 5.02 Å². The molecule has 18 heavy (non-hydrogen) atoms. The Hall–Kier alpha value is -1.15. The van der Waals surface area contributed by atoms with Gasteiger partial charge in [-0.25, -0.2) is 8.42 Å². The Bertz CT molecular complexity index is 514. The summed E-state index contributed by atoms with van der Waals surface area (Å²) in [5.74, 6) is -0.866. The summed E-state index contributed by atoms with van der Waals surface area (Å²) in [7, 11) is -2.81. The first kappa shape index (κ1) is 14.9.